The molecule has 0 spiro atoms. The van der Waals surface area contributed by atoms with Crippen LogP contribution in [-0.2, 0) is 22.1 Å². The van der Waals surface area contributed by atoms with E-state index in [1.807, 2.05) is 6.92 Å². The Balaban J connectivity index is 1.61. The van der Waals surface area contributed by atoms with Gasteiger partial charge in [-0.25, -0.2) is 13.6 Å². The predicted octanol–water partition coefficient (Wildman–Crippen LogP) is 9.15. The molecule has 3 rings (SSSR count). The van der Waals surface area contributed by atoms with Crippen LogP contribution in [0.2, 0.25) is 0 Å². The van der Waals surface area contributed by atoms with Crippen LogP contribution in [0.25, 0.3) is 22.3 Å². The van der Waals surface area contributed by atoms with Crippen LogP contribution < -0.4 is 4.74 Å². The summed E-state index contributed by atoms with van der Waals surface area (Å²) in [5.74, 6) is -3.12. The minimum atomic E-state index is -4.54. The normalized spacial score (nSPS) is 12.1. The van der Waals surface area contributed by atoms with Gasteiger partial charge in [-0.1, -0.05) is 38.5 Å². The molecule has 0 amide bonds. The van der Waals surface area contributed by atoms with Crippen LogP contribution >= 0.6 is 0 Å². The number of hydrogen-bond donors (Lipinski definition) is 0. The van der Waals surface area contributed by atoms with Gasteiger partial charge in [0.1, 0.15) is 17.1 Å². The van der Waals surface area contributed by atoms with Crippen molar-refractivity contribution < 1.29 is 40.6 Å². The Hall–Kier alpha value is -3.36. The van der Waals surface area contributed by atoms with Crippen LogP contribution in [0.15, 0.2) is 59.5 Å². The summed E-state index contributed by atoms with van der Waals surface area (Å²) in [7, 11) is 0. The van der Waals surface area contributed by atoms with E-state index in [0.717, 1.165) is 25.3 Å². The molecule has 0 fully saturated rings. The van der Waals surface area contributed by atoms with E-state index >= 15 is 0 Å². The van der Waals surface area contributed by atoms with E-state index < -0.39 is 36.5 Å². The Labute approximate surface area is 224 Å². The number of aryl methyl sites for hydroxylation is 1. The van der Waals surface area contributed by atoms with E-state index in [-0.39, 0.29) is 37.4 Å². The van der Waals surface area contributed by atoms with Crippen molar-refractivity contribution in [3.05, 3.63) is 66.2 Å². The topological polar surface area (TPSA) is 48.7 Å². The first-order chi connectivity index (χ1) is 18.5. The van der Waals surface area contributed by atoms with Crippen LogP contribution in [0, 0.1) is 0 Å². The zero-order valence-electron chi connectivity index (χ0n) is 21.9. The van der Waals surface area contributed by atoms with Gasteiger partial charge in [0.25, 0.3) is 0 Å². The molecule has 0 aliphatic rings. The van der Waals surface area contributed by atoms with Gasteiger partial charge in [0, 0.05) is 35.9 Å². The fourth-order valence-electron chi connectivity index (χ4n) is 4.22. The van der Waals surface area contributed by atoms with Gasteiger partial charge in [-0.05, 0) is 55.5 Å². The summed E-state index contributed by atoms with van der Waals surface area (Å²) in [5, 5.41) is 0.598. The highest BCUT2D eigenvalue weighted by molar-refractivity contribution is 5.84. The molecule has 1 aromatic heterocycles. The number of carbonyl (C=O) groups is 1. The number of carbonyl (C=O) groups excluding carboxylic acids is 1. The SMILES string of the molecule is C=CC(=O)OCCCC(F)(F)CCCOc1ccc2cc(-c3ccc(CCCCC)cc3C(F)(F)F)oc2c1. The molecule has 0 saturated heterocycles. The maximum absolute atomic E-state index is 14.0. The number of rotatable bonds is 15. The smallest absolute Gasteiger partial charge is 0.417 e. The van der Waals surface area contributed by atoms with Crippen molar-refractivity contribution in [1.29, 1.82) is 0 Å². The Morgan fingerprint density at radius 2 is 1.69 bits per heavy atom. The lowest BCUT2D eigenvalue weighted by Crippen LogP contribution is -2.18. The van der Waals surface area contributed by atoms with Crippen LogP contribution in [0.1, 0.15) is 63.0 Å². The number of fused-ring (bicyclic) bond motifs is 1. The maximum Gasteiger partial charge on any atom is 0.417 e. The summed E-state index contributed by atoms with van der Waals surface area (Å²) < 4.78 is 85.7. The molecule has 0 bridgehead atoms. The first-order valence-corrected chi connectivity index (χ1v) is 13.1. The first kappa shape index (κ1) is 30.2. The number of alkyl halides is 5. The molecule has 0 aliphatic heterocycles. The quantitative estimate of drug-likeness (QED) is 0.0816. The third kappa shape index (κ3) is 9.11. The van der Waals surface area contributed by atoms with Crippen molar-refractivity contribution in [1.82, 2.24) is 0 Å². The molecule has 0 aliphatic carbocycles. The Kier molecular flexibility index (Phi) is 10.5. The second-order valence-electron chi connectivity index (χ2n) is 9.43. The highest BCUT2D eigenvalue weighted by Gasteiger charge is 2.35. The van der Waals surface area contributed by atoms with Gasteiger partial charge in [-0.3, -0.25) is 0 Å². The van der Waals surface area contributed by atoms with Crippen molar-refractivity contribution in [3.63, 3.8) is 0 Å². The number of ether oxygens (including phenoxy) is 2. The van der Waals surface area contributed by atoms with Gasteiger partial charge in [-0.15, -0.1) is 0 Å². The van der Waals surface area contributed by atoms with E-state index in [1.54, 1.807) is 24.3 Å². The van der Waals surface area contributed by atoms with Gasteiger partial charge in [0.2, 0.25) is 5.92 Å². The average molecular weight is 553 g/mol. The zero-order valence-corrected chi connectivity index (χ0v) is 21.9. The number of hydrogen-bond acceptors (Lipinski definition) is 4. The summed E-state index contributed by atoms with van der Waals surface area (Å²) in [6.45, 7) is 5.20. The van der Waals surface area contributed by atoms with E-state index in [0.29, 0.717) is 28.7 Å². The highest BCUT2D eigenvalue weighted by Crippen LogP contribution is 2.40. The minimum Gasteiger partial charge on any atom is -0.493 e. The molecule has 0 unspecified atom stereocenters. The molecule has 3 aromatic rings. The lowest BCUT2D eigenvalue weighted by molar-refractivity contribution is -0.138. The minimum absolute atomic E-state index is 0.0256. The van der Waals surface area contributed by atoms with Crippen LogP contribution in [-0.4, -0.2) is 25.1 Å². The second kappa shape index (κ2) is 13.6. The van der Waals surface area contributed by atoms with Gasteiger partial charge in [0.15, 0.2) is 0 Å². The summed E-state index contributed by atoms with van der Waals surface area (Å²) in [6.07, 6.45) is -0.928. The van der Waals surface area contributed by atoms with Crippen molar-refractivity contribution in [2.75, 3.05) is 13.2 Å². The molecule has 0 radical (unpaired) electrons. The van der Waals surface area contributed by atoms with E-state index in [2.05, 4.69) is 6.58 Å². The molecular formula is C30H33F5O4. The molecule has 39 heavy (non-hydrogen) atoms. The molecule has 1 heterocycles. The largest absolute Gasteiger partial charge is 0.493 e. The number of esters is 1. The second-order valence-corrected chi connectivity index (χ2v) is 9.43. The third-order valence-electron chi connectivity index (χ3n) is 6.27. The summed E-state index contributed by atoms with van der Waals surface area (Å²) >= 11 is 0. The van der Waals surface area contributed by atoms with Gasteiger partial charge in [-0.2, -0.15) is 13.2 Å². The summed E-state index contributed by atoms with van der Waals surface area (Å²) in [5.41, 5.74) is 0.184. The lowest BCUT2D eigenvalue weighted by Gasteiger charge is -2.16. The molecule has 212 valence electrons. The van der Waals surface area contributed by atoms with Crippen molar-refractivity contribution in [3.8, 4) is 17.1 Å². The fourth-order valence-corrected chi connectivity index (χ4v) is 4.22. The van der Waals surface area contributed by atoms with E-state index in [4.69, 9.17) is 13.9 Å². The Morgan fingerprint density at radius 1 is 0.949 bits per heavy atom. The first-order valence-electron chi connectivity index (χ1n) is 13.1. The van der Waals surface area contributed by atoms with Gasteiger partial charge in [0.05, 0.1) is 18.8 Å². The van der Waals surface area contributed by atoms with Crippen LogP contribution in [0.4, 0.5) is 22.0 Å². The predicted molar refractivity (Wildman–Crippen MR) is 140 cm³/mol. The van der Waals surface area contributed by atoms with Gasteiger partial charge >= 0.3 is 12.1 Å². The van der Waals surface area contributed by atoms with Crippen molar-refractivity contribution in [2.45, 2.75) is 70.4 Å². The van der Waals surface area contributed by atoms with E-state index in [1.165, 1.54) is 18.2 Å². The molecule has 9 heteroatoms. The lowest BCUT2D eigenvalue weighted by atomic mass is 9.98. The number of unbranched alkanes of at least 4 members (excludes halogenated alkanes) is 2. The monoisotopic (exact) mass is 552 g/mol. The Bertz CT molecular complexity index is 1250. The third-order valence-corrected chi connectivity index (χ3v) is 6.27. The Morgan fingerprint density at radius 3 is 2.38 bits per heavy atom. The zero-order chi connectivity index (χ0) is 28.5. The van der Waals surface area contributed by atoms with Crippen LogP contribution in [0.5, 0.6) is 5.75 Å². The van der Waals surface area contributed by atoms with E-state index in [9.17, 15) is 26.7 Å². The average Bonchev–Trinajstić information content (AvgIpc) is 3.32. The summed E-state index contributed by atoms with van der Waals surface area (Å²) in [6, 6.07) is 10.7. The maximum atomic E-state index is 14.0. The molecule has 4 nitrogen and oxygen atoms in total. The highest BCUT2D eigenvalue weighted by atomic mass is 19.4. The molecule has 0 atom stereocenters. The van der Waals surface area contributed by atoms with Crippen molar-refractivity contribution in [2.24, 2.45) is 0 Å². The summed E-state index contributed by atoms with van der Waals surface area (Å²) in [4.78, 5) is 10.9. The van der Waals surface area contributed by atoms with Gasteiger partial charge < -0.3 is 13.9 Å². The molecule has 0 N–H and O–H groups in total. The number of benzene rings is 2. The molecule has 2 aromatic carbocycles. The fraction of sp³-hybridized carbons (Fsp3) is 0.433. The van der Waals surface area contributed by atoms with Crippen molar-refractivity contribution >= 4 is 16.9 Å². The number of halogens is 5. The standard InChI is InChI=1S/C30H33F5O4/c1-3-5-6-9-21-10-13-24(25(18-21)30(33,34)35)27-19-22-11-12-23(20-26(22)39-27)37-16-7-14-29(31,32)15-8-17-38-28(36)4-2/h4,10-13,18-20H,2-3,5-9,14-17H2,1H3. The number of furan rings is 1. The molecule has 0 saturated carbocycles. The van der Waals surface area contributed by atoms with Crippen LogP contribution in [0.3, 0.4) is 0 Å². The molecular weight excluding hydrogens is 519 g/mol.